The van der Waals surface area contributed by atoms with E-state index in [-0.39, 0.29) is 21.0 Å². The molecule has 0 saturated carbocycles. The fourth-order valence-corrected chi connectivity index (χ4v) is 3.34. The smallest absolute Gasteiger partial charge is 0.293 e. The number of hydrogen-bond donors (Lipinski definition) is 0. The summed E-state index contributed by atoms with van der Waals surface area (Å²) >= 11 is 6.77. The zero-order valence-electron chi connectivity index (χ0n) is 8.34. The number of thioether (sulfide) groups is 2. The number of carbonyl (C=O) groups excluding carboxylic acids is 3. The topological polar surface area (TPSA) is 57.7 Å². The Hall–Kier alpha value is -0.860. The molecule has 0 bridgehead atoms. The van der Waals surface area contributed by atoms with Gasteiger partial charge in [-0.25, -0.2) is 0 Å². The number of nitrogens with zero attached hydrogens (tertiary/aromatic N) is 2. The molecule has 0 N–H and O–H groups in total. The molecule has 2 heterocycles. The van der Waals surface area contributed by atoms with Gasteiger partial charge in [-0.05, 0) is 11.8 Å². The van der Waals surface area contributed by atoms with Gasteiger partial charge >= 0.3 is 0 Å². The summed E-state index contributed by atoms with van der Waals surface area (Å²) in [7, 11) is 2.93. The normalized spacial score (nSPS) is 26.4. The summed E-state index contributed by atoms with van der Waals surface area (Å²) < 4.78 is 0.392. The van der Waals surface area contributed by atoms with Crippen LogP contribution in [0.25, 0.3) is 0 Å². The predicted octanol–water partition coefficient (Wildman–Crippen LogP) is 1.01. The fourth-order valence-electron chi connectivity index (χ4n) is 1.16. The Morgan fingerprint density at radius 2 is 1.44 bits per heavy atom. The molecule has 0 spiro atoms. The lowest BCUT2D eigenvalue weighted by atomic mass is 10.4. The summed E-state index contributed by atoms with van der Waals surface area (Å²) in [5, 5.41) is -0.374. The molecule has 2 rings (SSSR count). The van der Waals surface area contributed by atoms with E-state index in [0.29, 0.717) is 4.32 Å². The van der Waals surface area contributed by atoms with Crippen molar-refractivity contribution in [2.24, 2.45) is 0 Å². The van der Waals surface area contributed by atoms with E-state index in [4.69, 9.17) is 12.2 Å². The highest BCUT2D eigenvalue weighted by atomic mass is 32.2. The van der Waals surface area contributed by atoms with Gasteiger partial charge in [-0.2, -0.15) is 0 Å². The summed E-state index contributed by atoms with van der Waals surface area (Å²) in [6, 6.07) is 0. The zero-order valence-corrected chi connectivity index (χ0v) is 10.8. The minimum absolute atomic E-state index is 0.175. The Bertz CT molecular complexity index is 429. The molecular weight excluding hydrogens is 268 g/mol. The van der Waals surface area contributed by atoms with Crippen LogP contribution in [0.15, 0.2) is 9.81 Å². The van der Waals surface area contributed by atoms with Crippen LogP contribution in [0.3, 0.4) is 0 Å². The van der Waals surface area contributed by atoms with Gasteiger partial charge in [0.15, 0.2) is 0 Å². The Balaban J connectivity index is 2.45. The van der Waals surface area contributed by atoms with E-state index in [1.165, 1.54) is 11.9 Å². The third kappa shape index (κ3) is 1.57. The second-order valence-electron chi connectivity index (χ2n) is 3.12. The number of amides is 3. The van der Waals surface area contributed by atoms with Crippen molar-refractivity contribution in [1.29, 1.82) is 0 Å². The van der Waals surface area contributed by atoms with Gasteiger partial charge in [-0.15, -0.1) is 0 Å². The lowest BCUT2D eigenvalue weighted by Gasteiger charge is -2.04. The number of rotatable bonds is 0. The molecule has 8 heteroatoms. The minimum Gasteiger partial charge on any atom is -0.296 e. The molecule has 0 aromatic rings. The Kier molecular flexibility index (Phi) is 2.81. The molecule has 84 valence electrons. The molecule has 0 unspecified atom stereocenters. The standard InChI is InChI=1S/C8H6N2O3S3/c1-9-5(11)3(15-7(9)13)4-6(12)10(2)8(14)16-4/h1-2H3/b4-3+. The quantitative estimate of drug-likeness (QED) is 0.485. The third-order valence-corrected chi connectivity index (χ3v) is 4.85. The summed E-state index contributed by atoms with van der Waals surface area (Å²) in [6.45, 7) is 0. The number of carbonyl (C=O) groups is 3. The molecule has 2 fully saturated rings. The van der Waals surface area contributed by atoms with Crippen molar-refractivity contribution in [3.05, 3.63) is 9.81 Å². The first-order valence-electron chi connectivity index (χ1n) is 4.17. The lowest BCUT2D eigenvalue weighted by Crippen LogP contribution is -2.25. The van der Waals surface area contributed by atoms with E-state index in [0.717, 1.165) is 28.4 Å². The molecule has 0 aliphatic carbocycles. The lowest BCUT2D eigenvalue weighted by molar-refractivity contribution is -0.124. The molecule has 0 aromatic carbocycles. The third-order valence-electron chi connectivity index (χ3n) is 2.13. The minimum atomic E-state index is -0.441. The van der Waals surface area contributed by atoms with Gasteiger partial charge in [0.2, 0.25) is 0 Å². The van der Waals surface area contributed by atoms with Gasteiger partial charge in [0.25, 0.3) is 17.1 Å². The van der Waals surface area contributed by atoms with Crippen molar-refractivity contribution in [2.75, 3.05) is 14.1 Å². The van der Waals surface area contributed by atoms with Crippen molar-refractivity contribution in [1.82, 2.24) is 9.80 Å². The maximum Gasteiger partial charge on any atom is 0.293 e. The summed E-state index contributed by atoms with van der Waals surface area (Å²) in [6.07, 6.45) is 0. The van der Waals surface area contributed by atoms with Crippen LogP contribution in [0.2, 0.25) is 0 Å². The van der Waals surface area contributed by atoms with Crippen LogP contribution >= 0.6 is 35.7 Å². The molecule has 5 nitrogen and oxygen atoms in total. The highest BCUT2D eigenvalue weighted by Gasteiger charge is 2.40. The Morgan fingerprint density at radius 1 is 0.938 bits per heavy atom. The summed E-state index contributed by atoms with van der Waals surface area (Å²) in [5.41, 5.74) is 0. The second-order valence-corrected chi connectivity index (χ2v) is 5.73. The van der Waals surface area contributed by atoms with Crippen molar-refractivity contribution < 1.29 is 14.4 Å². The van der Waals surface area contributed by atoms with Crippen LogP contribution in [0.4, 0.5) is 4.79 Å². The van der Waals surface area contributed by atoms with Crippen molar-refractivity contribution in [3.63, 3.8) is 0 Å². The van der Waals surface area contributed by atoms with Gasteiger partial charge in [0.05, 0.1) is 4.91 Å². The summed E-state index contributed by atoms with van der Waals surface area (Å²) in [4.78, 5) is 37.4. The number of likely N-dealkylation sites (N-methyl/N-ethyl adjacent to an activating group) is 2. The van der Waals surface area contributed by atoms with E-state index in [1.807, 2.05) is 0 Å². The molecule has 0 aromatic heterocycles. The SMILES string of the molecule is CN1C(=O)S/C(=C2/SC(=S)N(C)C2=O)C1=O. The van der Waals surface area contributed by atoms with Crippen LogP contribution in [0.1, 0.15) is 0 Å². The molecule has 3 amide bonds. The molecule has 16 heavy (non-hydrogen) atoms. The highest BCUT2D eigenvalue weighted by Crippen LogP contribution is 2.40. The van der Waals surface area contributed by atoms with Gasteiger partial charge in [0.1, 0.15) is 9.23 Å². The van der Waals surface area contributed by atoms with E-state index in [2.05, 4.69) is 0 Å². The van der Waals surface area contributed by atoms with Crippen molar-refractivity contribution in [2.45, 2.75) is 0 Å². The van der Waals surface area contributed by atoms with E-state index in [9.17, 15) is 14.4 Å². The Morgan fingerprint density at radius 3 is 1.81 bits per heavy atom. The van der Waals surface area contributed by atoms with Crippen LogP contribution in [-0.4, -0.2) is 45.3 Å². The van der Waals surface area contributed by atoms with E-state index < -0.39 is 5.91 Å². The van der Waals surface area contributed by atoms with Gasteiger partial charge in [-0.1, -0.05) is 24.0 Å². The molecule has 2 saturated heterocycles. The highest BCUT2D eigenvalue weighted by molar-refractivity contribution is 8.27. The Labute approximate surface area is 105 Å². The van der Waals surface area contributed by atoms with Crippen LogP contribution in [0.5, 0.6) is 0 Å². The van der Waals surface area contributed by atoms with Gasteiger partial charge in [-0.3, -0.25) is 24.2 Å². The van der Waals surface area contributed by atoms with Crippen LogP contribution in [0, 0.1) is 0 Å². The molecule has 2 aliphatic heterocycles. The fraction of sp³-hybridized carbons (Fsp3) is 0.250. The van der Waals surface area contributed by atoms with Crippen LogP contribution in [-0.2, 0) is 9.59 Å². The van der Waals surface area contributed by atoms with E-state index >= 15 is 0 Å². The zero-order chi connectivity index (χ0) is 12.0. The van der Waals surface area contributed by atoms with Crippen molar-refractivity contribution >= 4 is 57.1 Å². The molecule has 0 radical (unpaired) electrons. The number of imide groups is 1. The average Bonchev–Trinajstić information content (AvgIpc) is 2.64. The van der Waals surface area contributed by atoms with Gasteiger partial charge < -0.3 is 0 Å². The van der Waals surface area contributed by atoms with Crippen molar-refractivity contribution in [3.8, 4) is 0 Å². The monoisotopic (exact) mass is 274 g/mol. The first-order chi connectivity index (χ1) is 7.43. The maximum absolute atomic E-state index is 11.7. The number of thiocarbonyl (C=S) groups is 1. The average molecular weight is 274 g/mol. The largest absolute Gasteiger partial charge is 0.296 e. The summed E-state index contributed by atoms with van der Waals surface area (Å²) in [5.74, 6) is -0.766. The van der Waals surface area contributed by atoms with Crippen LogP contribution < -0.4 is 0 Å². The molecular formula is C8H6N2O3S3. The first kappa shape index (κ1) is 11.6. The molecule has 0 atom stereocenters. The second kappa shape index (κ2) is 3.86. The molecule has 2 aliphatic rings. The first-order valence-corrected chi connectivity index (χ1v) is 6.21. The van der Waals surface area contributed by atoms with Gasteiger partial charge in [0, 0.05) is 14.1 Å². The maximum atomic E-state index is 11.7. The van der Waals surface area contributed by atoms with E-state index in [1.54, 1.807) is 7.05 Å². The predicted molar refractivity (Wildman–Crippen MR) is 65.7 cm³/mol. The number of hydrogen-bond acceptors (Lipinski definition) is 6.